The fraction of sp³-hybridized carbons (Fsp3) is 0.250. The van der Waals surface area contributed by atoms with Gasteiger partial charge in [0.25, 0.3) is 0 Å². The predicted octanol–water partition coefficient (Wildman–Crippen LogP) is 4.46. The van der Waals surface area contributed by atoms with Crippen molar-refractivity contribution in [2.45, 2.75) is 20.3 Å². The Bertz CT molecular complexity index is 528. The average molecular weight is 239 g/mol. The maximum atomic E-state index is 11.7. The van der Waals surface area contributed by atoms with Crippen molar-refractivity contribution in [2.75, 3.05) is 0 Å². The molecule has 0 amide bonds. The van der Waals surface area contributed by atoms with Crippen LogP contribution in [0.2, 0.25) is 5.02 Å². The van der Waals surface area contributed by atoms with Gasteiger partial charge in [-0.15, -0.1) is 11.3 Å². The van der Waals surface area contributed by atoms with Gasteiger partial charge in [0, 0.05) is 16.1 Å². The molecule has 1 aromatic carbocycles. The van der Waals surface area contributed by atoms with E-state index in [1.54, 1.807) is 11.3 Å². The van der Waals surface area contributed by atoms with Crippen molar-refractivity contribution in [3.63, 3.8) is 0 Å². The molecule has 0 bridgehead atoms. The zero-order chi connectivity index (χ0) is 11.0. The lowest BCUT2D eigenvalue weighted by Crippen LogP contribution is -1.94. The van der Waals surface area contributed by atoms with Crippen LogP contribution in [0.25, 0.3) is 10.1 Å². The summed E-state index contributed by atoms with van der Waals surface area (Å²) < 4.78 is 1.13. The first kappa shape index (κ1) is 10.7. The van der Waals surface area contributed by atoms with Crippen LogP contribution in [-0.2, 0) is 0 Å². The molecule has 15 heavy (non-hydrogen) atoms. The van der Waals surface area contributed by atoms with Gasteiger partial charge >= 0.3 is 0 Å². The Morgan fingerprint density at radius 3 is 2.87 bits per heavy atom. The maximum absolute atomic E-state index is 11.7. The third-order valence-electron chi connectivity index (χ3n) is 2.47. The SMILES string of the molecule is CCC(=O)c1sc2ccc(Cl)cc2c1C. The number of aryl methyl sites for hydroxylation is 1. The van der Waals surface area contributed by atoms with E-state index in [9.17, 15) is 4.79 Å². The van der Waals surface area contributed by atoms with Gasteiger partial charge in [-0.25, -0.2) is 0 Å². The minimum atomic E-state index is 0.213. The molecule has 0 aliphatic heterocycles. The molecule has 0 spiro atoms. The predicted molar refractivity (Wildman–Crippen MR) is 66.2 cm³/mol. The Morgan fingerprint density at radius 2 is 2.20 bits per heavy atom. The maximum Gasteiger partial charge on any atom is 0.172 e. The lowest BCUT2D eigenvalue weighted by atomic mass is 10.1. The summed E-state index contributed by atoms with van der Waals surface area (Å²) in [6.45, 7) is 3.87. The molecule has 1 nitrogen and oxygen atoms in total. The topological polar surface area (TPSA) is 17.1 Å². The van der Waals surface area contributed by atoms with E-state index in [-0.39, 0.29) is 5.78 Å². The summed E-state index contributed by atoms with van der Waals surface area (Å²) in [5, 5.41) is 1.82. The average Bonchev–Trinajstić information content (AvgIpc) is 2.55. The Morgan fingerprint density at radius 1 is 1.47 bits per heavy atom. The second-order valence-electron chi connectivity index (χ2n) is 3.47. The first-order valence-electron chi connectivity index (χ1n) is 4.85. The molecule has 0 aliphatic rings. The van der Waals surface area contributed by atoms with Crippen molar-refractivity contribution in [3.05, 3.63) is 33.7 Å². The van der Waals surface area contributed by atoms with Gasteiger partial charge in [0.15, 0.2) is 5.78 Å². The van der Waals surface area contributed by atoms with Crippen molar-refractivity contribution in [3.8, 4) is 0 Å². The van der Waals surface area contributed by atoms with Gasteiger partial charge in [-0.1, -0.05) is 18.5 Å². The number of rotatable bonds is 2. The van der Waals surface area contributed by atoms with E-state index < -0.39 is 0 Å². The van der Waals surface area contributed by atoms with Crippen molar-refractivity contribution in [2.24, 2.45) is 0 Å². The molecular weight excluding hydrogens is 228 g/mol. The largest absolute Gasteiger partial charge is 0.293 e. The minimum absolute atomic E-state index is 0.213. The number of ketones is 1. The minimum Gasteiger partial charge on any atom is -0.293 e. The van der Waals surface area contributed by atoms with E-state index >= 15 is 0 Å². The van der Waals surface area contributed by atoms with E-state index in [1.807, 2.05) is 32.0 Å². The monoisotopic (exact) mass is 238 g/mol. The van der Waals surface area contributed by atoms with Crippen LogP contribution in [0.4, 0.5) is 0 Å². The highest BCUT2D eigenvalue weighted by Crippen LogP contribution is 2.33. The molecule has 0 unspecified atom stereocenters. The number of fused-ring (bicyclic) bond motifs is 1. The Labute approximate surface area is 97.7 Å². The first-order chi connectivity index (χ1) is 7.13. The first-order valence-corrected chi connectivity index (χ1v) is 6.04. The molecule has 0 N–H and O–H groups in total. The number of thiophene rings is 1. The van der Waals surface area contributed by atoms with Gasteiger partial charge < -0.3 is 0 Å². The highest BCUT2D eigenvalue weighted by Gasteiger charge is 2.13. The highest BCUT2D eigenvalue weighted by atomic mass is 35.5. The number of hydrogen-bond donors (Lipinski definition) is 0. The fourth-order valence-corrected chi connectivity index (χ4v) is 2.99. The summed E-state index contributed by atoms with van der Waals surface area (Å²) in [4.78, 5) is 12.5. The van der Waals surface area contributed by atoms with Crippen LogP contribution >= 0.6 is 22.9 Å². The lowest BCUT2D eigenvalue weighted by Gasteiger charge is -1.94. The van der Waals surface area contributed by atoms with Gasteiger partial charge in [-0.3, -0.25) is 4.79 Å². The Kier molecular flexibility index (Phi) is 2.81. The molecule has 0 radical (unpaired) electrons. The molecule has 1 heterocycles. The number of carbonyl (C=O) groups is 1. The normalized spacial score (nSPS) is 10.9. The second kappa shape index (κ2) is 3.95. The molecule has 0 saturated heterocycles. The van der Waals surface area contributed by atoms with Crippen LogP contribution in [0.1, 0.15) is 28.6 Å². The van der Waals surface area contributed by atoms with Crippen LogP contribution in [0, 0.1) is 6.92 Å². The fourth-order valence-electron chi connectivity index (χ4n) is 1.62. The molecular formula is C12H11ClOS. The molecule has 1 aromatic heterocycles. The lowest BCUT2D eigenvalue weighted by molar-refractivity contribution is 0.0991. The van der Waals surface area contributed by atoms with E-state index in [1.165, 1.54) is 0 Å². The third-order valence-corrected chi connectivity index (χ3v) is 4.02. The molecule has 2 rings (SSSR count). The van der Waals surface area contributed by atoms with Gasteiger partial charge in [0.1, 0.15) is 0 Å². The molecule has 0 fully saturated rings. The molecule has 0 saturated carbocycles. The number of carbonyl (C=O) groups excluding carboxylic acids is 1. The third kappa shape index (κ3) is 1.80. The number of halogens is 1. The van der Waals surface area contributed by atoms with Crippen molar-refractivity contribution >= 4 is 38.8 Å². The van der Waals surface area contributed by atoms with Crippen LogP contribution < -0.4 is 0 Å². The quantitative estimate of drug-likeness (QED) is 0.707. The van der Waals surface area contributed by atoms with Gasteiger partial charge in [-0.2, -0.15) is 0 Å². The van der Waals surface area contributed by atoms with Crippen molar-refractivity contribution < 1.29 is 4.79 Å². The Hall–Kier alpha value is -0.860. The second-order valence-corrected chi connectivity index (χ2v) is 4.96. The Balaban J connectivity index is 2.69. The summed E-state index contributed by atoms with van der Waals surface area (Å²) >= 11 is 7.49. The number of Topliss-reactive ketones (excluding diaryl/α,β-unsaturated/α-hetero) is 1. The van der Waals surface area contributed by atoms with Crippen molar-refractivity contribution in [1.82, 2.24) is 0 Å². The summed E-state index contributed by atoms with van der Waals surface area (Å²) in [7, 11) is 0. The van der Waals surface area contributed by atoms with E-state index in [0.717, 1.165) is 25.5 Å². The van der Waals surface area contributed by atoms with Crippen LogP contribution in [0.15, 0.2) is 18.2 Å². The van der Waals surface area contributed by atoms with E-state index in [4.69, 9.17) is 11.6 Å². The summed E-state index contributed by atoms with van der Waals surface area (Å²) in [6, 6.07) is 5.76. The number of hydrogen-bond acceptors (Lipinski definition) is 2. The van der Waals surface area contributed by atoms with Crippen molar-refractivity contribution in [1.29, 1.82) is 0 Å². The summed E-state index contributed by atoms with van der Waals surface area (Å²) in [5.41, 5.74) is 1.06. The number of benzene rings is 1. The smallest absolute Gasteiger partial charge is 0.172 e. The zero-order valence-corrected chi connectivity index (χ0v) is 10.2. The van der Waals surface area contributed by atoms with Gasteiger partial charge in [0.05, 0.1) is 4.88 Å². The van der Waals surface area contributed by atoms with Gasteiger partial charge in [0.2, 0.25) is 0 Å². The molecule has 78 valence electrons. The summed E-state index contributed by atoms with van der Waals surface area (Å²) in [5.74, 6) is 0.213. The summed E-state index contributed by atoms with van der Waals surface area (Å²) in [6.07, 6.45) is 0.557. The van der Waals surface area contributed by atoms with E-state index in [2.05, 4.69) is 0 Å². The molecule has 0 atom stereocenters. The van der Waals surface area contributed by atoms with Crippen LogP contribution in [0.5, 0.6) is 0 Å². The zero-order valence-electron chi connectivity index (χ0n) is 8.63. The molecule has 0 aliphatic carbocycles. The highest BCUT2D eigenvalue weighted by molar-refractivity contribution is 7.21. The molecule has 2 aromatic rings. The van der Waals surface area contributed by atoms with Gasteiger partial charge in [-0.05, 0) is 36.1 Å². The van der Waals surface area contributed by atoms with E-state index in [0.29, 0.717) is 6.42 Å². The van der Waals surface area contributed by atoms with Crippen LogP contribution in [-0.4, -0.2) is 5.78 Å². The standard InChI is InChI=1S/C12H11ClOS/c1-3-10(14)12-7(2)9-6-8(13)4-5-11(9)15-12/h4-6H,3H2,1-2H3. The molecule has 3 heteroatoms. The van der Waals surface area contributed by atoms with Crippen LogP contribution in [0.3, 0.4) is 0 Å².